The lowest BCUT2D eigenvalue weighted by molar-refractivity contribution is 0.0909. The van der Waals surface area contributed by atoms with Gasteiger partial charge in [-0.3, -0.25) is 0 Å². The SMILES string of the molecule is N#Cc1ccc(F)c(COCc2ccco2)c1. The summed E-state index contributed by atoms with van der Waals surface area (Å²) in [6, 6.07) is 9.68. The van der Waals surface area contributed by atoms with Crippen LogP contribution in [-0.2, 0) is 18.0 Å². The van der Waals surface area contributed by atoms with Crippen LogP contribution in [0.5, 0.6) is 0 Å². The number of hydrogen-bond acceptors (Lipinski definition) is 3. The average molecular weight is 231 g/mol. The Hall–Kier alpha value is -2.12. The second-order valence-corrected chi connectivity index (χ2v) is 3.49. The molecule has 0 aliphatic heterocycles. The summed E-state index contributed by atoms with van der Waals surface area (Å²) in [4.78, 5) is 0. The Morgan fingerprint density at radius 2 is 2.18 bits per heavy atom. The van der Waals surface area contributed by atoms with Crippen LogP contribution in [0.3, 0.4) is 0 Å². The van der Waals surface area contributed by atoms with Crippen molar-refractivity contribution in [1.82, 2.24) is 0 Å². The molecule has 0 aliphatic rings. The molecule has 0 fully saturated rings. The summed E-state index contributed by atoms with van der Waals surface area (Å²) in [6.07, 6.45) is 1.55. The molecular weight excluding hydrogens is 221 g/mol. The molecule has 2 rings (SSSR count). The zero-order valence-electron chi connectivity index (χ0n) is 9.02. The molecule has 0 radical (unpaired) electrons. The maximum atomic E-state index is 13.4. The Labute approximate surface area is 98.0 Å². The Bertz CT molecular complexity index is 529. The summed E-state index contributed by atoms with van der Waals surface area (Å²) in [5.74, 6) is 0.310. The molecule has 0 saturated carbocycles. The van der Waals surface area contributed by atoms with E-state index in [4.69, 9.17) is 14.4 Å². The van der Waals surface area contributed by atoms with Gasteiger partial charge in [-0.1, -0.05) is 0 Å². The molecule has 1 heterocycles. The first-order valence-electron chi connectivity index (χ1n) is 5.08. The number of benzene rings is 1. The van der Waals surface area contributed by atoms with Crippen LogP contribution >= 0.6 is 0 Å². The normalized spacial score (nSPS) is 10.1. The monoisotopic (exact) mass is 231 g/mol. The van der Waals surface area contributed by atoms with Gasteiger partial charge < -0.3 is 9.15 Å². The van der Waals surface area contributed by atoms with Gasteiger partial charge in [0.15, 0.2) is 0 Å². The molecule has 0 amide bonds. The third-order valence-corrected chi connectivity index (χ3v) is 2.26. The van der Waals surface area contributed by atoms with E-state index in [2.05, 4.69) is 0 Å². The number of ether oxygens (including phenoxy) is 1. The van der Waals surface area contributed by atoms with E-state index in [1.54, 1.807) is 18.4 Å². The molecule has 17 heavy (non-hydrogen) atoms. The fourth-order valence-corrected chi connectivity index (χ4v) is 1.41. The van der Waals surface area contributed by atoms with Crippen LogP contribution in [0.4, 0.5) is 4.39 Å². The molecule has 86 valence electrons. The van der Waals surface area contributed by atoms with Crippen molar-refractivity contribution in [2.45, 2.75) is 13.2 Å². The Morgan fingerprint density at radius 1 is 1.29 bits per heavy atom. The molecule has 0 atom stereocenters. The summed E-state index contributed by atoms with van der Waals surface area (Å²) in [5.41, 5.74) is 0.790. The minimum atomic E-state index is -0.372. The van der Waals surface area contributed by atoms with E-state index >= 15 is 0 Å². The Balaban J connectivity index is 1.97. The highest BCUT2D eigenvalue weighted by atomic mass is 19.1. The highest BCUT2D eigenvalue weighted by Gasteiger charge is 2.04. The third-order valence-electron chi connectivity index (χ3n) is 2.26. The van der Waals surface area contributed by atoms with Crippen molar-refractivity contribution in [2.75, 3.05) is 0 Å². The number of rotatable bonds is 4. The van der Waals surface area contributed by atoms with Crippen LogP contribution in [0.1, 0.15) is 16.9 Å². The molecular formula is C13H10FNO2. The fourth-order valence-electron chi connectivity index (χ4n) is 1.41. The van der Waals surface area contributed by atoms with Crippen LogP contribution in [-0.4, -0.2) is 0 Å². The quantitative estimate of drug-likeness (QED) is 0.812. The minimum Gasteiger partial charge on any atom is -0.467 e. The molecule has 0 spiro atoms. The maximum Gasteiger partial charge on any atom is 0.129 e. The van der Waals surface area contributed by atoms with E-state index in [1.165, 1.54) is 18.2 Å². The van der Waals surface area contributed by atoms with Crippen molar-refractivity contribution < 1.29 is 13.5 Å². The standard InChI is InChI=1S/C13H10FNO2/c14-13-4-3-10(7-15)6-11(13)8-16-9-12-2-1-5-17-12/h1-6H,8-9H2. The van der Waals surface area contributed by atoms with Crippen LogP contribution in [0.15, 0.2) is 41.0 Å². The van der Waals surface area contributed by atoms with E-state index in [0.29, 0.717) is 16.9 Å². The number of hydrogen-bond donors (Lipinski definition) is 0. The van der Waals surface area contributed by atoms with E-state index in [1.807, 2.05) is 6.07 Å². The average Bonchev–Trinajstić information content (AvgIpc) is 2.84. The predicted molar refractivity (Wildman–Crippen MR) is 58.3 cm³/mol. The van der Waals surface area contributed by atoms with Gasteiger partial charge in [0.2, 0.25) is 0 Å². The summed E-state index contributed by atoms with van der Waals surface area (Å²) in [7, 11) is 0. The first-order valence-corrected chi connectivity index (χ1v) is 5.08. The third kappa shape index (κ3) is 2.92. The van der Waals surface area contributed by atoms with Crippen molar-refractivity contribution in [3.8, 4) is 6.07 Å². The van der Waals surface area contributed by atoms with Gasteiger partial charge in [0.05, 0.1) is 24.5 Å². The van der Waals surface area contributed by atoms with Crippen LogP contribution in [0, 0.1) is 17.1 Å². The fraction of sp³-hybridized carbons (Fsp3) is 0.154. The molecule has 0 N–H and O–H groups in total. The van der Waals surface area contributed by atoms with Gasteiger partial charge in [-0.2, -0.15) is 5.26 Å². The second kappa shape index (κ2) is 5.28. The highest BCUT2D eigenvalue weighted by Crippen LogP contribution is 2.12. The summed E-state index contributed by atoms with van der Waals surface area (Å²) in [5, 5.41) is 8.70. The summed E-state index contributed by atoms with van der Waals surface area (Å²) < 4.78 is 23.7. The van der Waals surface area contributed by atoms with Crippen LogP contribution in [0.25, 0.3) is 0 Å². The first kappa shape index (κ1) is 11.4. The van der Waals surface area contributed by atoms with Crippen molar-refractivity contribution in [3.05, 3.63) is 59.3 Å². The van der Waals surface area contributed by atoms with Crippen molar-refractivity contribution in [3.63, 3.8) is 0 Å². The van der Waals surface area contributed by atoms with Gasteiger partial charge in [0.1, 0.15) is 18.2 Å². The van der Waals surface area contributed by atoms with E-state index in [9.17, 15) is 4.39 Å². The smallest absolute Gasteiger partial charge is 0.129 e. The van der Waals surface area contributed by atoms with Gasteiger partial charge in [0, 0.05) is 5.56 Å². The molecule has 0 aliphatic carbocycles. The largest absolute Gasteiger partial charge is 0.467 e. The van der Waals surface area contributed by atoms with Crippen LogP contribution < -0.4 is 0 Å². The lowest BCUT2D eigenvalue weighted by Crippen LogP contribution is -1.97. The summed E-state index contributed by atoms with van der Waals surface area (Å²) >= 11 is 0. The second-order valence-electron chi connectivity index (χ2n) is 3.49. The summed E-state index contributed by atoms with van der Waals surface area (Å²) in [6.45, 7) is 0.394. The van der Waals surface area contributed by atoms with Gasteiger partial charge >= 0.3 is 0 Å². The van der Waals surface area contributed by atoms with Gasteiger partial charge in [0.25, 0.3) is 0 Å². The van der Waals surface area contributed by atoms with Gasteiger partial charge in [-0.05, 0) is 30.3 Å². The number of halogens is 1. The molecule has 1 aromatic heterocycles. The first-order chi connectivity index (χ1) is 8.29. The topological polar surface area (TPSA) is 46.2 Å². The van der Waals surface area contributed by atoms with E-state index < -0.39 is 0 Å². The van der Waals surface area contributed by atoms with Gasteiger partial charge in [-0.15, -0.1) is 0 Å². The van der Waals surface area contributed by atoms with E-state index in [-0.39, 0.29) is 19.0 Å². The zero-order valence-corrected chi connectivity index (χ0v) is 9.02. The van der Waals surface area contributed by atoms with Crippen molar-refractivity contribution in [1.29, 1.82) is 5.26 Å². The maximum absolute atomic E-state index is 13.4. The molecule has 0 saturated heterocycles. The zero-order chi connectivity index (χ0) is 12.1. The lowest BCUT2D eigenvalue weighted by Gasteiger charge is -2.04. The van der Waals surface area contributed by atoms with E-state index in [0.717, 1.165) is 0 Å². The number of nitrogens with zero attached hydrogens (tertiary/aromatic N) is 1. The van der Waals surface area contributed by atoms with Gasteiger partial charge in [-0.25, -0.2) is 4.39 Å². The number of furan rings is 1. The predicted octanol–water partition coefficient (Wildman–Crippen LogP) is 3.01. The Morgan fingerprint density at radius 3 is 2.88 bits per heavy atom. The lowest BCUT2D eigenvalue weighted by atomic mass is 10.1. The molecule has 0 bridgehead atoms. The molecule has 2 aromatic rings. The molecule has 3 nitrogen and oxygen atoms in total. The molecule has 0 unspecified atom stereocenters. The molecule has 1 aromatic carbocycles. The Kier molecular flexibility index (Phi) is 3.53. The highest BCUT2D eigenvalue weighted by molar-refractivity contribution is 5.33. The van der Waals surface area contributed by atoms with Crippen molar-refractivity contribution in [2.24, 2.45) is 0 Å². The number of nitriles is 1. The minimum absolute atomic E-state index is 0.113. The van der Waals surface area contributed by atoms with Crippen molar-refractivity contribution >= 4 is 0 Å². The molecule has 4 heteroatoms. The van der Waals surface area contributed by atoms with Crippen LogP contribution in [0.2, 0.25) is 0 Å².